The number of carbonyl (C=O) groups is 2. The summed E-state index contributed by atoms with van der Waals surface area (Å²) in [6.45, 7) is 1.99. The molecule has 25 heavy (non-hydrogen) atoms. The number of carboxylic acids is 1. The lowest BCUT2D eigenvalue weighted by atomic mass is 9.94. The molecule has 0 spiro atoms. The van der Waals surface area contributed by atoms with Crippen LogP contribution in [0.3, 0.4) is 0 Å². The number of hydrogen-bond acceptors (Lipinski definition) is 3. The third kappa shape index (κ3) is 3.90. The van der Waals surface area contributed by atoms with Crippen LogP contribution in [0, 0.1) is 12.8 Å². The van der Waals surface area contributed by atoms with Crippen LogP contribution in [0.25, 0.3) is 5.69 Å². The molecule has 1 amide bonds. The van der Waals surface area contributed by atoms with Crippen LogP contribution in [-0.2, 0) is 4.79 Å². The van der Waals surface area contributed by atoms with E-state index in [4.69, 9.17) is 0 Å². The smallest absolute Gasteiger partial charge is 0.308 e. The number of benzene rings is 1. The molecule has 1 heterocycles. The van der Waals surface area contributed by atoms with E-state index in [1.807, 2.05) is 31.2 Å². The van der Waals surface area contributed by atoms with Gasteiger partial charge in [0.2, 0.25) is 0 Å². The Morgan fingerprint density at radius 3 is 2.72 bits per heavy atom. The van der Waals surface area contributed by atoms with Gasteiger partial charge in [-0.3, -0.25) is 9.59 Å². The first kappa shape index (κ1) is 17.2. The second-order valence-electron chi connectivity index (χ2n) is 6.62. The van der Waals surface area contributed by atoms with Crippen LogP contribution in [0.5, 0.6) is 0 Å². The van der Waals surface area contributed by atoms with E-state index in [9.17, 15) is 14.7 Å². The van der Waals surface area contributed by atoms with E-state index in [1.54, 1.807) is 10.9 Å². The number of hydrogen-bond donors (Lipinski definition) is 2. The molecule has 0 aliphatic heterocycles. The number of para-hydroxylation sites is 1. The molecule has 1 saturated carbocycles. The van der Waals surface area contributed by atoms with Crippen molar-refractivity contribution >= 4 is 11.9 Å². The van der Waals surface area contributed by atoms with Crippen molar-refractivity contribution in [2.24, 2.45) is 5.92 Å². The highest BCUT2D eigenvalue weighted by molar-refractivity contribution is 5.94. The predicted octanol–water partition coefficient (Wildman–Crippen LogP) is 2.94. The zero-order valence-electron chi connectivity index (χ0n) is 14.3. The highest BCUT2D eigenvalue weighted by Crippen LogP contribution is 2.24. The average molecular weight is 341 g/mol. The molecule has 2 N–H and O–H groups in total. The Hall–Kier alpha value is -2.63. The standard InChI is InChI=1S/C19H23N3O3/c1-13-7-5-6-10-17(13)22-12-14(11-20-22)18(23)21-16-9-4-2-3-8-15(16)19(24)25/h5-7,10-12,15-16H,2-4,8-9H2,1H3,(H,21,23)(H,24,25)/t15-,16+/m1/s1. The monoisotopic (exact) mass is 341 g/mol. The minimum Gasteiger partial charge on any atom is -0.481 e. The van der Waals surface area contributed by atoms with Gasteiger partial charge in [0.05, 0.1) is 23.4 Å². The summed E-state index contributed by atoms with van der Waals surface area (Å²) in [4.78, 5) is 24.1. The van der Waals surface area contributed by atoms with Crippen molar-refractivity contribution in [1.29, 1.82) is 0 Å². The van der Waals surface area contributed by atoms with Gasteiger partial charge in [-0.2, -0.15) is 5.10 Å². The number of aliphatic carboxylic acids is 1. The molecule has 0 radical (unpaired) electrons. The van der Waals surface area contributed by atoms with E-state index < -0.39 is 11.9 Å². The van der Waals surface area contributed by atoms with Gasteiger partial charge < -0.3 is 10.4 Å². The van der Waals surface area contributed by atoms with Gasteiger partial charge in [0, 0.05) is 12.2 Å². The zero-order chi connectivity index (χ0) is 17.8. The molecule has 2 atom stereocenters. The lowest BCUT2D eigenvalue weighted by Gasteiger charge is -2.22. The van der Waals surface area contributed by atoms with Gasteiger partial charge in [0.15, 0.2) is 0 Å². The maximum absolute atomic E-state index is 12.6. The Morgan fingerprint density at radius 2 is 1.96 bits per heavy atom. The average Bonchev–Trinajstić information content (AvgIpc) is 2.96. The topological polar surface area (TPSA) is 84.2 Å². The Kier molecular flexibility index (Phi) is 5.16. The second-order valence-corrected chi connectivity index (χ2v) is 6.62. The minimum absolute atomic E-state index is 0.266. The number of nitrogens with one attached hydrogen (secondary N) is 1. The zero-order valence-corrected chi connectivity index (χ0v) is 14.3. The van der Waals surface area contributed by atoms with Crippen molar-refractivity contribution < 1.29 is 14.7 Å². The molecule has 132 valence electrons. The number of rotatable bonds is 4. The number of carboxylic acid groups (broad SMARTS) is 1. The first-order chi connectivity index (χ1) is 12.1. The minimum atomic E-state index is -0.831. The summed E-state index contributed by atoms with van der Waals surface area (Å²) in [5.74, 6) is -1.61. The van der Waals surface area contributed by atoms with E-state index in [2.05, 4.69) is 10.4 Å². The van der Waals surface area contributed by atoms with Crippen LogP contribution in [0.2, 0.25) is 0 Å². The van der Waals surface area contributed by atoms with Gasteiger partial charge in [0.1, 0.15) is 0 Å². The van der Waals surface area contributed by atoms with E-state index >= 15 is 0 Å². The third-order valence-electron chi connectivity index (χ3n) is 4.86. The predicted molar refractivity (Wildman–Crippen MR) is 93.8 cm³/mol. The number of carbonyl (C=O) groups excluding carboxylic acids is 1. The maximum Gasteiger partial charge on any atom is 0.308 e. The van der Waals surface area contributed by atoms with E-state index in [1.165, 1.54) is 6.20 Å². The molecule has 6 heteroatoms. The van der Waals surface area contributed by atoms with Gasteiger partial charge in [-0.1, -0.05) is 37.5 Å². The Morgan fingerprint density at radius 1 is 1.20 bits per heavy atom. The van der Waals surface area contributed by atoms with Crippen molar-refractivity contribution in [3.8, 4) is 5.69 Å². The fourth-order valence-electron chi connectivity index (χ4n) is 3.42. The molecule has 1 aliphatic carbocycles. The molecule has 3 rings (SSSR count). The molecular formula is C19H23N3O3. The normalized spacial score (nSPS) is 20.7. The quantitative estimate of drug-likeness (QED) is 0.838. The summed E-state index contributed by atoms with van der Waals surface area (Å²) >= 11 is 0. The number of aryl methyl sites for hydroxylation is 1. The third-order valence-corrected chi connectivity index (χ3v) is 4.86. The largest absolute Gasteiger partial charge is 0.481 e. The van der Waals surface area contributed by atoms with Gasteiger partial charge in [0.25, 0.3) is 5.91 Å². The van der Waals surface area contributed by atoms with Gasteiger partial charge in [-0.15, -0.1) is 0 Å². The summed E-state index contributed by atoms with van der Waals surface area (Å²) < 4.78 is 1.67. The van der Waals surface area contributed by atoms with Crippen molar-refractivity contribution in [3.05, 3.63) is 47.8 Å². The molecule has 6 nitrogen and oxygen atoms in total. The van der Waals surface area contributed by atoms with Crippen LogP contribution in [-0.4, -0.2) is 32.8 Å². The van der Waals surface area contributed by atoms with E-state index in [0.29, 0.717) is 18.4 Å². The molecule has 0 unspecified atom stereocenters. The SMILES string of the molecule is Cc1ccccc1-n1cc(C(=O)N[C@H]2CCCCC[C@H]2C(=O)O)cn1. The molecular weight excluding hydrogens is 318 g/mol. The molecule has 0 saturated heterocycles. The van der Waals surface area contributed by atoms with E-state index in [-0.39, 0.29) is 11.9 Å². The fraction of sp³-hybridized carbons (Fsp3) is 0.421. The van der Waals surface area contributed by atoms with Gasteiger partial charge in [-0.05, 0) is 31.4 Å². The molecule has 0 bridgehead atoms. The first-order valence-electron chi connectivity index (χ1n) is 8.70. The molecule has 1 aliphatic rings. The highest BCUT2D eigenvalue weighted by Gasteiger charge is 2.31. The van der Waals surface area contributed by atoms with E-state index in [0.717, 1.165) is 30.5 Å². The lowest BCUT2D eigenvalue weighted by Crippen LogP contribution is -2.42. The second kappa shape index (κ2) is 7.51. The summed E-state index contributed by atoms with van der Waals surface area (Å²) in [5.41, 5.74) is 2.42. The maximum atomic E-state index is 12.6. The van der Waals surface area contributed by atoms with Crippen molar-refractivity contribution in [3.63, 3.8) is 0 Å². The van der Waals surface area contributed by atoms with Gasteiger partial charge >= 0.3 is 5.97 Å². The number of nitrogens with zero attached hydrogens (tertiary/aromatic N) is 2. The number of aromatic nitrogens is 2. The Bertz CT molecular complexity index is 769. The fourth-order valence-corrected chi connectivity index (χ4v) is 3.42. The highest BCUT2D eigenvalue weighted by atomic mass is 16.4. The van der Waals surface area contributed by atoms with Gasteiger partial charge in [-0.25, -0.2) is 4.68 Å². The first-order valence-corrected chi connectivity index (χ1v) is 8.70. The van der Waals surface area contributed by atoms with Crippen LogP contribution >= 0.6 is 0 Å². The van der Waals surface area contributed by atoms with Crippen LogP contribution in [0.15, 0.2) is 36.7 Å². The van der Waals surface area contributed by atoms with Crippen molar-refractivity contribution in [1.82, 2.24) is 15.1 Å². The summed E-state index contributed by atoms with van der Waals surface area (Å²) in [7, 11) is 0. The summed E-state index contributed by atoms with van der Waals surface area (Å²) in [6.07, 6.45) is 7.38. The van der Waals surface area contributed by atoms with Crippen molar-refractivity contribution in [2.45, 2.75) is 45.1 Å². The summed E-state index contributed by atoms with van der Waals surface area (Å²) in [5, 5.41) is 16.6. The van der Waals surface area contributed by atoms with Crippen LogP contribution < -0.4 is 5.32 Å². The molecule has 1 aromatic heterocycles. The van der Waals surface area contributed by atoms with Crippen LogP contribution in [0.4, 0.5) is 0 Å². The lowest BCUT2D eigenvalue weighted by molar-refractivity contribution is -0.142. The van der Waals surface area contributed by atoms with Crippen LogP contribution in [0.1, 0.15) is 48.0 Å². The molecule has 2 aromatic rings. The van der Waals surface area contributed by atoms with Crippen molar-refractivity contribution in [2.75, 3.05) is 0 Å². The summed E-state index contributed by atoms with van der Waals surface area (Å²) in [6, 6.07) is 7.48. The Labute approximate surface area is 146 Å². The molecule has 1 aromatic carbocycles. The number of amides is 1. The Balaban J connectivity index is 1.75. The molecule has 1 fully saturated rings.